The topological polar surface area (TPSA) is 87.2 Å². The largest absolute Gasteiger partial charge is 0.480 e. The number of carbonyl (C=O) groups excluding carboxylic acids is 2. The van der Waals surface area contributed by atoms with Crippen LogP contribution < -0.4 is 0 Å². The van der Waals surface area contributed by atoms with Gasteiger partial charge in [-0.25, -0.2) is 9.59 Å². The van der Waals surface area contributed by atoms with Gasteiger partial charge in [0.2, 0.25) is 5.91 Å². The van der Waals surface area contributed by atoms with Gasteiger partial charge in [0.05, 0.1) is 0 Å². The zero-order valence-electron chi connectivity index (χ0n) is 23.1. The highest BCUT2D eigenvalue weighted by Gasteiger charge is 2.43. The minimum atomic E-state index is -1.07. The molecule has 0 unspecified atom stereocenters. The van der Waals surface area contributed by atoms with Gasteiger partial charge in [-0.3, -0.25) is 9.69 Å². The van der Waals surface area contributed by atoms with E-state index in [4.69, 9.17) is 4.74 Å². The van der Waals surface area contributed by atoms with Gasteiger partial charge in [-0.05, 0) is 33.4 Å². The van der Waals surface area contributed by atoms with E-state index >= 15 is 0 Å². The van der Waals surface area contributed by atoms with Crippen molar-refractivity contribution in [2.24, 2.45) is 0 Å². The molecule has 2 atom stereocenters. The normalized spacial score (nSPS) is 17.0. The first-order chi connectivity index (χ1) is 20.5. The predicted octanol–water partition coefficient (Wildman–Crippen LogP) is 5.39. The highest BCUT2D eigenvalue weighted by Crippen LogP contribution is 2.44. The number of nitrogens with zero attached hydrogens (tertiary/aromatic N) is 2. The molecule has 2 aliphatic rings. The maximum atomic E-state index is 14.0. The van der Waals surface area contributed by atoms with Crippen LogP contribution in [0, 0.1) is 0 Å². The fourth-order valence-electron chi connectivity index (χ4n) is 6.21. The van der Waals surface area contributed by atoms with Crippen molar-refractivity contribution in [3.8, 4) is 11.1 Å². The van der Waals surface area contributed by atoms with E-state index in [0.717, 1.165) is 33.4 Å². The minimum Gasteiger partial charge on any atom is -0.480 e. The summed E-state index contributed by atoms with van der Waals surface area (Å²) in [6.45, 7) is 0.432. The lowest BCUT2D eigenvalue weighted by Gasteiger charge is -2.42. The molecule has 0 spiro atoms. The summed E-state index contributed by atoms with van der Waals surface area (Å²) in [6, 6.07) is 33.1. The first-order valence-corrected chi connectivity index (χ1v) is 14.2. The van der Waals surface area contributed by atoms with Crippen molar-refractivity contribution in [1.82, 2.24) is 9.80 Å². The molecule has 1 N–H and O–H groups in total. The molecular formula is C35H32N2O5. The zero-order chi connectivity index (χ0) is 29.1. The van der Waals surface area contributed by atoms with Crippen molar-refractivity contribution in [2.75, 3.05) is 19.7 Å². The van der Waals surface area contributed by atoms with Crippen LogP contribution in [0.25, 0.3) is 11.1 Å². The molecule has 6 rings (SSSR count). The third-order valence-electron chi connectivity index (χ3n) is 8.30. The minimum absolute atomic E-state index is 0.104. The number of piperazine rings is 1. The molecule has 42 heavy (non-hydrogen) atoms. The molecule has 0 bridgehead atoms. The molecule has 0 saturated carbocycles. The Morgan fingerprint density at radius 1 is 0.762 bits per heavy atom. The Kier molecular flexibility index (Phi) is 7.73. The maximum Gasteiger partial charge on any atom is 0.410 e. The molecule has 2 amide bonds. The second-order valence-corrected chi connectivity index (χ2v) is 10.8. The molecular weight excluding hydrogens is 528 g/mol. The summed E-state index contributed by atoms with van der Waals surface area (Å²) in [7, 11) is 0. The lowest BCUT2D eigenvalue weighted by Crippen LogP contribution is -2.63. The van der Waals surface area contributed by atoms with E-state index in [1.54, 1.807) is 0 Å². The van der Waals surface area contributed by atoms with Gasteiger partial charge in [-0.1, -0.05) is 109 Å². The number of ether oxygens (including phenoxy) is 1. The van der Waals surface area contributed by atoms with Crippen molar-refractivity contribution in [3.63, 3.8) is 0 Å². The van der Waals surface area contributed by atoms with E-state index in [2.05, 4.69) is 24.3 Å². The van der Waals surface area contributed by atoms with Gasteiger partial charge in [0, 0.05) is 31.8 Å². The third-order valence-corrected chi connectivity index (χ3v) is 8.30. The summed E-state index contributed by atoms with van der Waals surface area (Å²) < 4.78 is 5.93. The van der Waals surface area contributed by atoms with Crippen LogP contribution >= 0.6 is 0 Å². The van der Waals surface area contributed by atoms with E-state index in [1.807, 2.05) is 84.9 Å². The van der Waals surface area contributed by atoms with Gasteiger partial charge in [-0.2, -0.15) is 0 Å². The van der Waals surface area contributed by atoms with Crippen LogP contribution in [0.15, 0.2) is 109 Å². The fraction of sp³-hybridized carbons (Fsp3) is 0.229. The SMILES string of the molecule is O=C(O)[C@@H](Cc1ccccc1)N1CCN(C(=O)OCC2c3ccccc3-c3ccccc32)[C@H](Cc2ccccc2)C1=O. The number of aliphatic carboxylic acids is 1. The molecule has 0 aromatic heterocycles. The van der Waals surface area contributed by atoms with Crippen LogP contribution in [-0.4, -0.2) is 64.7 Å². The molecule has 1 saturated heterocycles. The first kappa shape index (κ1) is 27.3. The maximum absolute atomic E-state index is 14.0. The van der Waals surface area contributed by atoms with E-state index < -0.39 is 24.1 Å². The van der Waals surface area contributed by atoms with Gasteiger partial charge in [0.15, 0.2) is 0 Å². The second-order valence-electron chi connectivity index (χ2n) is 10.8. The van der Waals surface area contributed by atoms with E-state index in [9.17, 15) is 19.5 Å². The lowest BCUT2D eigenvalue weighted by molar-refractivity contribution is -0.155. The number of carboxylic acids is 1. The highest BCUT2D eigenvalue weighted by molar-refractivity contribution is 5.91. The molecule has 0 radical (unpaired) electrons. The van der Waals surface area contributed by atoms with Gasteiger partial charge >= 0.3 is 12.1 Å². The van der Waals surface area contributed by atoms with Crippen LogP contribution in [0.5, 0.6) is 0 Å². The molecule has 1 aliphatic heterocycles. The van der Waals surface area contributed by atoms with Gasteiger partial charge in [0.25, 0.3) is 0 Å². The Balaban J connectivity index is 1.23. The predicted molar refractivity (Wildman–Crippen MR) is 159 cm³/mol. The Bertz CT molecular complexity index is 1540. The highest BCUT2D eigenvalue weighted by atomic mass is 16.6. The molecule has 4 aromatic carbocycles. The molecule has 1 heterocycles. The number of fused-ring (bicyclic) bond motifs is 3. The van der Waals surface area contributed by atoms with Crippen LogP contribution in [0.1, 0.15) is 28.2 Å². The van der Waals surface area contributed by atoms with Crippen molar-refractivity contribution >= 4 is 18.0 Å². The Hall–Kier alpha value is -4.91. The number of benzene rings is 4. The van der Waals surface area contributed by atoms with Gasteiger partial charge < -0.3 is 14.7 Å². The van der Waals surface area contributed by atoms with E-state index in [1.165, 1.54) is 9.80 Å². The Morgan fingerprint density at radius 3 is 1.90 bits per heavy atom. The molecule has 1 fully saturated rings. The molecule has 212 valence electrons. The summed E-state index contributed by atoms with van der Waals surface area (Å²) in [5.41, 5.74) is 6.20. The number of carbonyl (C=O) groups is 3. The van der Waals surface area contributed by atoms with Gasteiger partial charge in [-0.15, -0.1) is 0 Å². The lowest BCUT2D eigenvalue weighted by atomic mass is 9.97. The number of carboxylic acid groups (broad SMARTS) is 1. The number of rotatable bonds is 8. The van der Waals surface area contributed by atoms with Gasteiger partial charge in [0.1, 0.15) is 18.7 Å². The monoisotopic (exact) mass is 560 g/mol. The smallest absolute Gasteiger partial charge is 0.410 e. The number of hydrogen-bond acceptors (Lipinski definition) is 4. The summed E-state index contributed by atoms with van der Waals surface area (Å²) in [5, 5.41) is 10.1. The number of amides is 2. The van der Waals surface area contributed by atoms with Crippen molar-refractivity contribution in [2.45, 2.75) is 30.8 Å². The van der Waals surface area contributed by atoms with Crippen molar-refractivity contribution in [1.29, 1.82) is 0 Å². The standard InChI is InChI=1S/C35H32N2O5/c38-33-31(21-24-11-3-1-4-12-24)37(20-19-36(33)32(34(39)40)22-25-13-5-2-6-14-25)35(41)42-23-30-28-17-9-7-15-26(28)27-16-8-10-18-29(27)30/h1-18,30-32H,19-23H2,(H,39,40)/t31-,32-/m1/s1. The van der Waals surface area contributed by atoms with Crippen LogP contribution in [0.2, 0.25) is 0 Å². The third kappa shape index (κ3) is 5.38. The van der Waals surface area contributed by atoms with Crippen LogP contribution in [-0.2, 0) is 27.2 Å². The van der Waals surface area contributed by atoms with Crippen LogP contribution in [0.3, 0.4) is 0 Å². The quantitative estimate of drug-likeness (QED) is 0.312. The summed E-state index contributed by atoms with van der Waals surface area (Å²) >= 11 is 0. The molecule has 7 nitrogen and oxygen atoms in total. The van der Waals surface area contributed by atoms with E-state index in [-0.39, 0.29) is 44.4 Å². The van der Waals surface area contributed by atoms with Crippen molar-refractivity contribution < 1.29 is 24.2 Å². The summed E-state index contributed by atoms with van der Waals surface area (Å²) in [6.07, 6.45) is -0.121. The second kappa shape index (κ2) is 11.9. The van der Waals surface area contributed by atoms with Crippen LogP contribution in [0.4, 0.5) is 4.79 Å². The Morgan fingerprint density at radius 2 is 1.31 bits per heavy atom. The molecule has 4 aromatic rings. The van der Waals surface area contributed by atoms with E-state index in [0.29, 0.717) is 0 Å². The molecule has 1 aliphatic carbocycles. The average Bonchev–Trinajstić information content (AvgIpc) is 3.34. The van der Waals surface area contributed by atoms with Crippen molar-refractivity contribution in [3.05, 3.63) is 131 Å². The average molecular weight is 561 g/mol. The summed E-state index contributed by atoms with van der Waals surface area (Å²) in [4.78, 5) is 42.9. The number of hydrogen-bond donors (Lipinski definition) is 1. The first-order valence-electron chi connectivity index (χ1n) is 14.2. The fourth-order valence-corrected chi connectivity index (χ4v) is 6.21. The molecule has 7 heteroatoms. The Labute approximate surface area is 245 Å². The summed E-state index contributed by atoms with van der Waals surface area (Å²) in [5.74, 6) is -1.56. The zero-order valence-corrected chi connectivity index (χ0v) is 23.1.